The average molecular weight is 369 g/mol. The van der Waals surface area contributed by atoms with Gasteiger partial charge >= 0.3 is 0 Å². The number of benzene rings is 2. The fraction of sp³-hybridized carbons (Fsp3) is 0.0667. The molecule has 0 amide bonds. The fourth-order valence-corrected chi connectivity index (χ4v) is 1.89. The molecule has 1 aromatic heterocycles. The van der Waals surface area contributed by atoms with Gasteiger partial charge in [0.15, 0.2) is 0 Å². The molecule has 0 atom stereocenters. The minimum atomic E-state index is 0. The third kappa shape index (κ3) is 2.58. The molecule has 0 saturated heterocycles. The second-order valence-corrected chi connectivity index (χ2v) is 4.05. The zero-order valence-corrected chi connectivity index (χ0v) is 11.5. The van der Waals surface area contributed by atoms with Crippen LogP contribution in [0.3, 0.4) is 0 Å². The number of rotatable bonds is 1. The Morgan fingerprint density at radius 3 is 2.53 bits per heavy atom. The van der Waals surface area contributed by atoms with Gasteiger partial charge in [-0.15, -0.1) is 5.39 Å². The summed E-state index contributed by atoms with van der Waals surface area (Å²) >= 11 is 0. The van der Waals surface area contributed by atoms with Crippen molar-refractivity contribution >= 4 is 10.9 Å². The number of hydrogen-bond donors (Lipinski definition) is 1. The standard InChI is InChI=1S/C15H12N.Dy/c1-11-6-8-12(9-7-11)15-10-13-4-2-3-5-14(13)16-15;/h2-4,6-10,16H,1H3;/q-1;. The van der Waals surface area contributed by atoms with Crippen LogP contribution in [0.15, 0.2) is 48.5 Å². The van der Waals surface area contributed by atoms with Crippen molar-refractivity contribution in [1.82, 2.24) is 4.98 Å². The maximum atomic E-state index is 3.38. The Balaban J connectivity index is 0.00000108. The summed E-state index contributed by atoms with van der Waals surface area (Å²) in [5, 5.41) is 1.21. The number of para-hydroxylation sites is 1. The van der Waals surface area contributed by atoms with Crippen molar-refractivity contribution < 1.29 is 38.2 Å². The van der Waals surface area contributed by atoms with Gasteiger partial charge in [0.25, 0.3) is 0 Å². The molecular weight excluding hydrogens is 357 g/mol. The molecular formula is C15H12DyN-. The van der Waals surface area contributed by atoms with Crippen LogP contribution in [0.25, 0.3) is 22.2 Å². The van der Waals surface area contributed by atoms with Crippen molar-refractivity contribution in [1.29, 1.82) is 0 Å². The Bertz CT molecular complexity index is 590. The SMILES string of the molecule is Cc1ccc(-c2cc3ccc[c-]c3[nH]2)cc1.[Dy]. The van der Waals surface area contributed by atoms with Gasteiger partial charge in [0.1, 0.15) is 0 Å². The van der Waals surface area contributed by atoms with Gasteiger partial charge in [0, 0.05) is 43.9 Å². The summed E-state index contributed by atoms with van der Waals surface area (Å²) < 4.78 is 0. The van der Waals surface area contributed by atoms with Crippen LogP contribution in [0.5, 0.6) is 0 Å². The number of nitrogens with one attached hydrogen (secondary N) is 1. The largest absolute Gasteiger partial charge is 0.378 e. The van der Waals surface area contributed by atoms with Gasteiger partial charge in [-0.05, 0) is 12.5 Å². The molecule has 88 valence electrons. The number of aromatic nitrogens is 1. The minimum Gasteiger partial charge on any atom is -0.378 e. The first-order chi connectivity index (χ1) is 7.83. The van der Waals surface area contributed by atoms with Crippen LogP contribution in [-0.4, -0.2) is 4.98 Å². The number of aromatic amines is 1. The van der Waals surface area contributed by atoms with E-state index in [9.17, 15) is 0 Å². The van der Waals surface area contributed by atoms with Crippen molar-refractivity contribution in [2.75, 3.05) is 0 Å². The van der Waals surface area contributed by atoms with Gasteiger partial charge in [-0.25, -0.2) is 0 Å². The molecule has 0 spiro atoms. The summed E-state index contributed by atoms with van der Waals surface area (Å²) in [6.07, 6.45) is 0. The third-order valence-electron chi connectivity index (χ3n) is 2.81. The summed E-state index contributed by atoms with van der Waals surface area (Å²) in [5.74, 6) is 0. The molecule has 0 aliphatic carbocycles. The number of aryl methyl sites for hydroxylation is 1. The van der Waals surface area contributed by atoms with Crippen molar-refractivity contribution in [3.05, 3.63) is 60.2 Å². The van der Waals surface area contributed by atoms with E-state index >= 15 is 0 Å². The third-order valence-corrected chi connectivity index (χ3v) is 2.81. The second kappa shape index (κ2) is 5.27. The van der Waals surface area contributed by atoms with Crippen molar-refractivity contribution in [2.24, 2.45) is 0 Å². The molecule has 1 heterocycles. The van der Waals surface area contributed by atoms with Gasteiger partial charge in [0.2, 0.25) is 0 Å². The van der Waals surface area contributed by atoms with Crippen LogP contribution in [0.1, 0.15) is 5.56 Å². The number of H-pyrrole nitrogens is 1. The number of fused-ring (bicyclic) bond motifs is 1. The first kappa shape index (κ1) is 12.7. The molecule has 3 rings (SSSR count). The smallest absolute Gasteiger partial charge is 0.0323 e. The van der Waals surface area contributed by atoms with E-state index < -0.39 is 0 Å². The van der Waals surface area contributed by atoms with Crippen LogP contribution >= 0.6 is 0 Å². The van der Waals surface area contributed by atoms with Gasteiger partial charge in [-0.1, -0.05) is 41.4 Å². The maximum absolute atomic E-state index is 3.38. The van der Waals surface area contributed by atoms with E-state index in [0.717, 1.165) is 11.2 Å². The quantitative estimate of drug-likeness (QED) is 0.626. The Labute approximate surface area is 131 Å². The van der Waals surface area contributed by atoms with Gasteiger partial charge < -0.3 is 4.98 Å². The van der Waals surface area contributed by atoms with E-state index in [0.29, 0.717) is 0 Å². The topological polar surface area (TPSA) is 15.8 Å². The molecule has 0 aliphatic rings. The Kier molecular flexibility index (Phi) is 3.94. The molecule has 17 heavy (non-hydrogen) atoms. The van der Waals surface area contributed by atoms with Crippen molar-refractivity contribution in [3.63, 3.8) is 0 Å². The van der Waals surface area contributed by atoms with Crippen LogP contribution < -0.4 is 0 Å². The predicted molar refractivity (Wildman–Crippen MR) is 67.3 cm³/mol. The molecule has 1 N–H and O–H groups in total. The van der Waals surface area contributed by atoms with E-state index in [4.69, 9.17) is 0 Å². The first-order valence-corrected chi connectivity index (χ1v) is 5.39. The van der Waals surface area contributed by atoms with Crippen LogP contribution in [0, 0.1) is 51.2 Å². The van der Waals surface area contributed by atoms with Gasteiger partial charge in [-0.3, -0.25) is 0 Å². The van der Waals surface area contributed by atoms with Crippen LogP contribution in [0.4, 0.5) is 0 Å². The second-order valence-electron chi connectivity index (χ2n) is 4.05. The molecule has 0 fully saturated rings. The summed E-state index contributed by atoms with van der Waals surface area (Å²) in [5.41, 5.74) is 4.72. The molecule has 0 saturated carbocycles. The van der Waals surface area contributed by atoms with E-state index in [2.05, 4.69) is 54.4 Å². The van der Waals surface area contributed by atoms with Crippen LogP contribution in [-0.2, 0) is 0 Å². The zero-order chi connectivity index (χ0) is 11.0. The molecule has 1 nitrogen and oxygen atoms in total. The predicted octanol–water partition coefficient (Wildman–Crippen LogP) is 3.94. The summed E-state index contributed by atoms with van der Waals surface area (Å²) in [4.78, 5) is 3.38. The van der Waals surface area contributed by atoms with E-state index in [1.165, 1.54) is 16.5 Å². The first-order valence-electron chi connectivity index (χ1n) is 5.39. The fourth-order valence-electron chi connectivity index (χ4n) is 1.89. The molecule has 0 radical (unpaired) electrons. The summed E-state index contributed by atoms with van der Waals surface area (Å²) in [7, 11) is 0. The average Bonchev–Trinajstić information content (AvgIpc) is 2.73. The maximum Gasteiger partial charge on any atom is 0.0323 e. The normalized spacial score (nSPS) is 10.2. The van der Waals surface area contributed by atoms with Gasteiger partial charge in [0.05, 0.1) is 0 Å². The molecule has 0 bridgehead atoms. The zero-order valence-electron chi connectivity index (χ0n) is 9.44. The Hall–Kier alpha value is -0.747. The molecule has 3 aromatic rings. The number of hydrogen-bond acceptors (Lipinski definition) is 0. The monoisotopic (exact) mass is 370 g/mol. The molecule has 0 unspecified atom stereocenters. The Morgan fingerprint density at radius 2 is 1.82 bits per heavy atom. The summed E-state index contributed by atoms with van der Waals surface area (Å²) in [6.45, 7) is 2.10. The Morgan fingerprint density at radius 1 is 1.06 bits per heavy atom. The van der Waals surface area contributed by atoms with E-state index in [-0.39, 0.29) is 38.2 Å². The minimum absolute atomic E-state index is 0. The van der Waals surface area contributed by atoms with Crippen LogP contribution in [0.2, 0.25) is 0 Å². The molecule has 2 heteroatoms. The van der Waals surface area contributed by atoms with Crippen molar-refractivity contribution in [2.45, 2.75) is 6.92 Å². The molecule has 2 aromatic carbocycles. The molecule has 0 aliphatic heterocycles. The summed E-state index contributed by atoms with van der Waals surface area (Å²) in [6, 6.07) is 19.9. The van der Waals surface area contributed by atoms with Gasteiger partial charge in [-0.2, -0.15) is 24.3 Å². The van der Waals surface area contributed by atoms with Crippen molar-refractivity contribution in [3.8, 4) is 11.3 Å². The van der Waals surface area contributed by atoms with E-state index in [1.807, 2.05) is 12.1 Å². The van der Waals surface area contributed by atoms with E-state index in [1.54, 1.807) is 0 Å².